The molecule has 2 rings (SSSR count). The number of thiophene rings is 1. The topological polar surface area (TPSA) is 66.5 Å². The normalized spacial score (nSPS) is 13.0. The highest BCUT2D eigenvalue weighted by Crippen LogP contribution is 2.18. The second kappa shape index (κ2) is 8.79. The molecule has 1 unspecified atom stereocenters. The number of nitrogens with one attached hydrogen (secondary N) is 1. The highest BCUT2D eigenvalue weighted by Gasteiger charge is 2.30. The van der Waals surface area contributed by atoms with E-state index < -0.39 is 16.1 Å². The van der Waals surface area contributed by atoms with Gasteiger partial charge in [0.05, 0.1) is 0 Å². The third-order valence-corrected chi connectivity index (χ3v) is 7.04. The first-order chi connectivity index (χ1) is 12.2. The molecule has 1 amide bonds. The van der Waals surface area contributed by atoms with Gasteiger partial charge in [0.25, 0.3) is 10.0 Å². The summed E-state index contributed by atoms with van der Waals surface area (Å²) in [6.07, 6.45) is 0.967. The zero-order valence-electron chi connectivity index (χ0n) is 15.6. The Kier molecular flexibility index (Phi) is 6.97. The van der Waals surface area contributed by atoms with Crippen LogP contribution in [0.5, 0.6) is 0 Å². The number of carbonyl (C=O) groups excluding carboxylic acids is 1. The van der Waals surface area contributed by atoms with Gasteiger partial charge in [-0.15, -0.1) is 11.3 Å². The number of sulfonamides is 1. The van der Waals surface area contributed by atoms with Crippen molar-refractivity contribution in [3.8, 4) is 0 Å². The Hall–Kier alpha value is -1.70. The first-order valence-corrected chi connectivity index (χ1v) is 11.0. The summed E-state index contributed by atoms with van der Waals surface area (Å²) in [5, 5.41) is 1.70. The van der Waals surface area contributed by atoms with Crippen LogP contribution in [0.4, 0.5) is 0 Å². The van der Waals surface area contributed by atoms with Crippen molar-refractivity contribution in [2.75, 3.05) is 7.05 Å². The van der Waals surface area contributed by atoms with E-state index in [1.165, 1.54) is 11.6 Å². The molecule has 26 heavy (non-hydrogen) atoms. The van der Waals surface area contributed by atoms with E-state index in [1.54, 1.807) is 23.4 Å². The summed E-state index contributed by atoms with van der Waals surface area (Å²) < 4.78 is 27.8. The number of rotatable bonds is 8. The largest absolute Gasteiger partial charge is 0.340 e. The fraction of sp³-hybridized carbons (Fsp3) is 0.421. The van der Waals surface area contributed by atoms with Crippen LogP contribution in [-0.2, 0) is 27.8 Å². The van der Waals surface area contributed by atoms with Crippen LogP contribution in [0.25, 0.3) is 0 Å². The summed E-state index contributed by atoms with van der Waals surface area (Å²) in [6.45, 7) is 6.21. The van der Waals surface area contributed by atoms with Gasteiger partial charge in [-0.05, 0) is 34.9 Å². The molecular weight excluding hydrogens is 368 g/mol. The lowest BCUT2D eigenvalue weighted by Crippen LogP contribution is -2.49. The maximum atomic E-state index is 12.9. The van der Waals surface area contributed by atoms with Crippen molar-refractivity contribution >= 4 is 27.3 Å². The zero-order valence-corrected chi connectivity index (χ0v) is 17.2. The first-order valence-electron chi connectivity index (χ1n) is 8.63. The number of aryl methyl sites for hydroxylation is 1. The predicted molar refractivity (Wildman–Crippen MR) is 106 cm³/mol. The van der Waals surface area contributed by atoms with Crippen molar-refractivity contribution in [1.82, 2.24) is 9.62 Å². The molecule has 0 saturated carbocycles. The molecule has 1 heterocycles. The average Bonchev–Trinajstić information content (AvgIpc) is 3.15. The summed E-state index contributed by atoms with van der Waals surface area (Å²) in [6, 6.07) is 10.5. The third kappa shape index (κ3) is 5.16. The quantitative estimate of drug-likeness (QED) is 0.747. The van der Waals surface area contributed by atoms with Gasteiger partial charge in [0.15, 0.2) is 0 Å². The predicted octanol–water partition coefficient (Wildman–Crippen LogP) is 3.27. The number of hydrogen-bond donors (Lipinski definition) is 1. The van der Waals surface area contributed by atoms with Crippen molar-refractivity contribution in [3.63, 3.8) is 0 Å². The number of amides is 1. The second-order valence-corrected chi connectivity index (χ2v) is 9.53. The maximum Gasteiger partial charge on any atom is 0.250 e. The molecule has 0 radical (unpaired) electrons. The second-order valence-electron chi connectivity index (χ2n) is 6.64. The molecule has 2 aromatic rings. The summed E-state index contributed by atoms with van der Waals surface area (Å²) in [5.41, 5.74) is 2.26. The molecular formula is C19H26N2O3S2. The van der Waals surface area contributed by atoms with Gasteiger partial charge in [-0.2, -0.15) is 4.72 Å². The van der Waals surface area contributed by atoms with Gasteiger partial charge in [0.2, 0.25) is 5.91 Å². The van der Waals surface area contributed by atoms with Crippen LogP contribution in [0.15, 0.2) is 46.0 Å². The van der Waals surface area contributed by atoms with Gasteiger partial charge in [-0.1, -0.05) is 51.1 Å². The summed E-state index contributed by atoms with van der Waals surface area (Å²) >= 11 is 1.13. The van der Waals surface area contributed by atoms with Crippen LogP contribution in [-0.4, -0.2) is 32.3 Å². The third-order valence-electron chi connectivity index (χ3n) is 4.20. The van der Waals surface area contributed by atoms with E-state index in [4.69, 9.17) is 0 Å². The molecule has 0 bridgehead atoms. The minimum absolute atomic E-state index is 0.165. The first kappa shape index (κ1) is 20.6. The fourth-order valence-electron chi connectivity index (χ4n) is 2.58. The smallest absolute Gasteiger partial charge is 0.250 e. The lowest BCUT2D eigenvalue weighted by atomic mass is 10.0. The van der Waals surface area contributed by atoms with Crippen molar-refractivity contribution in [2.45, 2.75) is 44.0 Å². The monoisotopic (exact) mass is 394 g/mol. The van der Waals surface area contributed by atoms with E-state index in [2.05, 4.69) is 11.6 Å². The molecule has 1 atom stereocenters. The van der Waals surface area contributed by atoms with Crippen LogP contribution < -0.4 is 4.72 Å². The summed E-state index contributed by atoms with van der Waals surface area (Å²) in [4.78, 5) is 14.4. The van der Waals surface area contributed by atoms with Gasteiger partial charge in [0, 0.05) is 13.6 Å². The van der Waals surface area contributed by atoms with Gasteiger partial charge in [-0.25, -0.2) is 8.42 Å². The van der Waals surface area contributed by atoms with Crippen molar-refractivity contribution in [3.05, 3.63) is 52.9 Å². The molecule has 7 heteroatoms. The Morgan fingerprint density at radius 2 is 1.77 bits per heavy atom. The minimum Gasteiger partial charge on any atom is -0.340 e. The molecule has 0 spiro atoms. The molecule has 0 fully saturated rings. The van der Waals surface area contributed by atoms with Crippen LogP contribution in [0, 0.1) is 5.92 Å². The molecule has 1 aromatic heterocycles. The van der Waals surface area contributed by atoms with Crippen LogP contribution >= 0.6 is 11.3 Å². The number of carbonyl (C=O) groups is 1. The van der Waals surface area contributed by atoms with E-state index in [1.807, 2.05) is 38.1 Å². The average molecular weight is 395 g/mol. The molecule has 1 N–H and O–H groups in total. The lowest BCUT2D eigenvalue weighted by molar-refractivity contribution is -0.133. The van der Waals surface area contributed by atoms with E-state index >= 15 is 0 Å². The Labute approximate surface area is 160 Å². The van der Waals surface area contributed by atoms with Gasteiger partial charge >= 0.3 is 0 Å². The highest BCUT2D eigenvalue weighted by molar-refractivity contribution is 7.91. The Morgan fingerprint density at radius 3 is 2.27 bits per heavy atom. The number of benzene rings is 1. The molecule has 1 aromatic carbocycles. The van der Waals surface area contributed by atoms with Crippen molar-refractivity contribution in [1.29, 1.82) is 0 Å². The number of nitrogens with zero attached hydrogens (tertiary/aromatic N) is 1. The van der Waals surface area contributed by atoms with E-state index in [-0.39, 0.29) is 16.0 Å². The van der Waals surface area contributed by atoms with Crippen LogP contribution in [0.2, 0.25) is 0 Å². The van der Waals surface area contributed by atoms with Gasteiger partial charge in [0.1, 0.15) is 10.3 Å². The van der Waals surface area contributed by atoms with Gasteiger partial charge < -0.3 is 4.90 Å². The standard InChI is InChI=1S/C19H26N2O3S2/c1-5-15-8-10-16(11-9-15)13-21(4)19(22)18(14(2)3)20-26(23,24)17-7-6-12-25-17/h6-12,14,18,20H,5,13H2,1-4H3. The molecule has 0 aliphatic rings. The maximum absolute atomic E-state index is 12.9. The fourth-order valence-corrected chi connectivity index (χ4v) is 4.93. The SMILES string of the molecule is CCc1ccc(CN(C)C(=O)C(NS(=O)(=O)c2cccs2)C(C)C)cc1. The van der Waals surface area contributed by atoms with Crippen molar-refractivity contribution in [2.24, 2.45) is 5.92 Å². The van der Waals surface area contributed by atoms with Crippen LogP contribution in [0.3, 0.4) is 0 Å². The summed E-state index contributed by atoms with van der Waals surface area (Å²) in [5.74, 6) is -0.401. The Balaban J connectivity index is 2.11. The molecule has 0 aliphatic heterocycles. The Morgan fingerprint density at radius 1 is 1.15 bits per heavy atom. The van der Waals surface area contributed by atoms with Crippen LogP contribution in [0.1, 0.15) is 31.9 Å². The van der Waals surface area contributed by atoms with E-state index in [0.29, 0.717) is 6.54 Å². The minimum atomic E-state index is -3.70. The zero-order chi connectivity index (χ0) is 19.3. The summed E-state index contributed by atoms with van der Waals surface area (Å²) in [7, 11) is -2.00. The lowest BCUT2D eigenvalue weighted by Gasteiger charge is -2.27. The number of likely N-dealkylation sites (N-methyl/N-ethyl adjacent to an activating group) is 1. The van der Waals surface area contributed by atoms with E-state index in [9.17, 15) is 13.2 Å². The molecule has 142 valence electrons. The highest BCUT2D eigenvalue weighted by atomic mass is 32.2. The number of hydrogen-bond acceptors (Lipinski definition) is 4. The molecule has 0 aliphatic carbocycles. The van der Waals surface area contributed by atoms with E-state index in [0.717, 1.165) is 23.3 Å². The van der Waals surface area contributed by atoms with Gasteiger partial charge in [-0.3, -0.25) is 4.79 Å². The molecule has 0 saturated heterocycles. The Bertz CT molecular complexity index is 813. The van der Waals surface area contributed by atoms with Crippen molar-refractivity contribution < 1.29 is 13.2 Å². The molecule has 5 nitrogen and oxygen atoms in total.